The zero-order valence-electron chi connectivity index (χ0n) is 14.6. The van der Waals surface area contributed by atoms with Gasteiger partial charge in [-0.25, -0.2) is 13.6 Å². The predicted octanol–water partition coefficient (Wildman–Crippen LogP) is 5.37. The fourth-order valence-corrected chi connectivity index (χ4v) is 4.57. The summed E-state index contributed by atoms with van der Waals surface area (Å²) in [6.45, 7) is 0. The SMILES string of the molecule is O=C(O)c1cc(F)c(C2Nc3ccc(C4CC4)cc3[C@@H]3C=CC[C@H]23)c(F)c1. The van der Waals surface area contributed by atoms with Gasteiger partial charge in [0.2, 0.25) is 0 Å². The van der Waals surface area contributed by atoms with E-state index in [1.165, 1.54) is 24.0 Å². The highest BCUT2D eigenvalue weighted by molar-refractivity contribution is 5.87. The van der Waals surface area contributed by atoms with Crippen LogP contribution in [0.1, 0.15) is 64.2 Å². The minimum atomic E-state index is -1.34. The van der Waals surface area contributed by atoms with Crippen molar-refractivity contribution in [2.45, 2.75) is 37.1 Å². The fourth-order valence-electron chi connectivity index (χ4n) is 4.57. The molecule has 0 aromatic heterocycles. The molecule has 5 rings (SSSR count). The Bertz CT molecular complexity index is 957. The van der Waals surface area contributed by atoms with E-state index >= 15 is 0 Å². The molecule has 138 valence electrons. The second kappa shape index (κ2) is 5.91. The molecule has 0 amide bonds. The Morgan fingerprint density at radius 1 is 1.11 bits per heavy atom. The summed E-state index contributed by atoms with van der Waals surface area (Å²) in [5.74, 6) is -2.19. The molecule has 2 aromatic rings. The molecule has 3 aliphatic rings. The van der Waals surface area contributed by atoms with Gasteiger partial charge in [0.15, 0.2) is 0 Å². The first-order valence-electron chi connectivity index (χ1n) is 9.32. The number of halogens is 2. The van der Waals surface area contributed by atoms with E-state index in [1.807, 2.05) is 6.07 Å². The lowest BCUT2D eigenvalue weighted by molar-refractivity contribution is 0.0695. The van der Waals surface area contributed by atoms with Crippen LogP contribution in [-0.4, -0.2) is 11.1 Å². The third kappa shape index (κ3) is 2.64. The van der Waals surface area contributed by atoms with Crippen LogP contribution in [0.5, 0.6) is 0 Å². The van der Waals surface area contributed by atoms with Gasteiger partial charge in [0.1, 0.15) is 11.6 Å². The quantitative estimate of drug-likeness (QED) is 0.718. The van der Waals surface area contributed by atoms with E-state index in [-0.39, 0.29) is 23.0 Å². The second-order valence-corrected chi connectivity index (χ2v) is 7.76. The number of nitrogens with one attached hydrogen (secondary N) is 1. The average molecular weight is 367 g/mol. The Morgan fingerprint density at radius 3 is 2.52 bits per heavy atom. The Balaban J connectivity index is 1.58. The van der Waals surface area contributed by atoms with Crippen LogP contribution in [0.3, 0.4) is 0 Å². The van der Waals surface area contributed by atoms with Crippen LogP contribution in [0.4, 0.5) is 14.5 Å². The fraction of sp³-hybridized carbons (Fsp3) is 0.318. The molecular formula is C22H19F2NO2. The Kier molecular flexibility index (Phi) is 3.61. The van der Waals surface area contributed by atoms with E-state index < -0.39 is 23.6 Å². The smallest absolute Gasteiger partial charge is 0.335 e. The minimum Gasteiger partial charge on any atom is -0.478 e. The molecule has 1 saturated carbocycles. The molecule has 2 aromatic carbocycles. The Morgan fingerprint density at radius 2 is 1.85 bits per heavy atom. The van der Waals surface area contributed by atoms with Crippen LogP contribution < -0.4 is 5.32 Å². The predicted molar refractivity (Wildman–Crippen MR) is 98.1 cm³/mol. The van der Waals surface area contributed by atoms with E-state index in [0.29, 0.717) is 5.92 Å². The summed E-state index contributed by atoms with van der Waals surface area (Å²) >= 11 is 0. The van der Waals surface area contributed by atoms with Crippen molar-refractivity contribution in [2.75, 3.05) is 5.32 Å². The molecule has 1 aliphatic heterocycles. The maximum atomic E-state index is 14.7. The molecule has 1 fully saturated rings. The average Bonchev–Trinajstić information content (AvgIpc) is 3.36. The Labute approximate surface area is 155 Å². The first-order chi connectivity index (χ1) is 13.0. The summed E-state index contributed by atoms with van der Waals surface area (Å²) in [6.07, 6.45) is 7.39. The first kappa shape index (κ1) is 16.5. The van der Waals surface area contributed by atoms with E-state index in [1.54, 1.807) is 0 Å². The van der Waals surface area contributed by atoms with Gasteiger partial charge < -0.3 is 10.4 Å². The lowest BCUT2D eigenvalue weighted by atomic mass is 9.76. The molecule has 2 aliphatic carbocycles. The molecule has 3 nitrogen and oxygen atoms in total. The zero-order chi connectivity index (χ0) is 18.7. The number of allylic oxidation sites excluding steroid dienone is 2. The summed E-state index contributed by atoms with van der Waals surface area (Å²) in [5, 5.41) is 12.4. The molecule has 0 bridgehead atoms. The van der Waals surface area contributed by atoms with Crippen LogP contribution in [-0.2, 0) is 0 Å². The van der Waals surface area contributed by atoms with Crippen molar-refractivity contribution >= 4 is 11.7 Å². The molecule has 1 unspecified atom stereocenters. The van der Waals surface area contributed by atoms with Crippen molar-refractivity contribution in [3.8, 4) is 0 Å². The monoisotopic (exact) mass is 367 g/mol. The largest absolute Gasteiger partial charge is 0.478 e. The highest BCUT2D eigenvalue weighted by Crippen LogP contribution is 2.52. The van der Waals surface area contributed by atoms with Gasteiger partial charge in [-0.15, -0.1) is 0 Å². The highest BCUT2D eigenvalue weighted by Gasteiger charge is 2.41. The molecule has 0 radical (unpaired) electrons. The number of anilines is 1. The van der Waals surface area contributed by atoms with Crippen molar-refractivity contribution in [3.63, 3.8) is 0 Å². The van der Waals surface area contributed by atoms with Crippen LogP contribution in [0, 0.1) is 17.6 Å². The van der Waals surface area contributed by atoms with E-state index in [2.05, 4.69) is 29.6 Å². The van der Waals surface area contributed by atoms with Gasteiger partial charge in [0.05, 0.1) is 11.6 Å². The zero-order valence-corrected chi connectivity index (χ0v) is 14.6. The summed E-state index contributed by atoms with van der Waals surface area (Å²) < 4.78 is 29.4. The summed E-state index contributed by atoms with van der Waals surface area (Å²) in [6, 6.07) is 7.63. The van der Waals surface area contributed by atoms with Crippen LogP contribution >= 0.6 is 0 Å². The number of hydrogen-bond donors (Lipinski definition) is 2. The van der Waals surface area contributed by atoms with Crippen LogP contribution in [0.25, 0.3) is 0 Å². The molecule has 0 saturated heterocycles. The maximum Gasteiger partial charge on any atom is 0.335 e. The standard InChI is InChI=1S/C22H19F2NO2/c23-17-9-13(22(26)27)10-18(24)20(17)21-15-3-1-2-14(15)16-8-12(11-4-5-11)6-7-19(16)25-21/h1-2,6-11,14-15,21,25H,3-5H2,(H,26,27)/t14-,15+,21?/m1/s1. The maximum absolute atomic E-state index is 14.7. The molecule has 1 heterocycles. The van der Waals surface area contributed by atoms with Crippen molar-refractivity contribution in [2.24, 2.45) is 5.92 Å². The molecule has 27 heavy (non-hydrogen) atoms. The number of aromatic carboxylic acids is 1. The third-order valence-electron chi connectivity index (χ3n) is 6.07. The van der Waals surface area contributed by atoms with E-state index in [4.69, 9.17) is 5.11 Å². The van der Waals surface area contributed by atoms with Gasteiger partial charge in [-0.05, 0) is 60.4 Å². The number of fused-ring (bicyclic) bond motifs is 3. The second-order valence-electron chi connectivity index (χ2n) is 7.76. The minimum absolute atomic E-state index is 0.00614. The number of carboxylic acids is 1. The molecule has 2 N–H and O–H groups in total. The summed E-state index contributed by atoms with van der Waals surface area (Å²) in [5.41, 5.74) is 2.99. The first-order valence-corrected chi connectivity index (χ1v) is 9.32. The third-order valence-corrected chi connectivity index (χ3v) is 6.07. The molecule has 5 heteroatoms. The van der Waals surface area contributed by atoms with Crippen molar-refractivity contribution < 1.29 is 18.7 Å². The molecular weight excluding hydrogens is 348 g/mol. The highest BCUT2D eigenvalue weighted by atomic mass is 19.1. The van der Waals surface area contributed by atoms with Crippen LogP contribution in [0.15, 0.2) is 42.5 Å². The van der Waals surface area contributed by atoms with Gasteiger partial charge in [-0.1, -0.05) is 24.3 Å². The number of hydrogen-bond acceptors (Lipinski definition) is 2. The lowest BCUT2D eigenvalue weighted by Crippen LogP contribution is -2.30. The lowest BCUT2D eigenvalue weighted by Gasteiger charge is -2.38. The van der Waals surface area contributed by atoms with E-state index in [9.17, 15) is 13.6 Å². The van der Waals surface area contributed by atoms with Gasteiger partial charge in [0, 0.05) is 17.2 Å². The topological polar surface area (TPSA) is 49.3 Å². The number of carbonyl (C=O) groups is 1. The van der Waals surface area contributed by atoms with Crippen molar-refractivity contribution in [1.82, 2.24) is 0 Å². The van der Waals surface area contributed by atoms with Gasteiger partial charge in [-0.3, -0.25) is 0 Å². The van der Waals surface area contributed by atoms with Crippen molar-refractivity contribution in [3.05, 3.63) is 76.4 Å². The number of carboxylic acid groups (broad SMARTS) is 1. The summed E-state index contributed by atoms with van der Waals surface area (Å²) in [4.78, 5) is 11.1. The van der Waals surface area contributed by atoms with Crippen molar-refractivity contribution in [1.29, 1.82) is 0 Å². The summed E-state index contributed by atoms with van der Waals surface area (Å²) in [7, 11) is 0. The Hall–Kier alpha value is -2.69. The molecule has 3 atom stereocenters. The van der Waals surface area contributed by atoms with E-state index in [0.717, 1.165) is 24.2 Å². The van der Waals surface area contributed by atoms with Gasteiger partial charge in [-0.2, -0.15) is 0 Å². The molecule has 0 spiro atoms. The van der Waals surface area contributed by atoms with Gasteiger partial charge in [0.25, 0.3) is 0 Å². The van der Waals surface area contributed by atoms with Crippen LogP contribution in [0.2, 0.25) is 0 Å². The normalized spacial score (nSPS) is 25.6. The number of rotatable bonds is 3. The van der Waals surface area contributed by atoms with Gasteiger partial charge >= 0.3 is 5.97 Å². The number of benzene rings is 2.